The van der Waals surface area contributed by atoms with Crippen molar-refractivity contribution in [2.75, 3.05) is 31.5 Å². The van der Waals surface area contributed by atoms with E-state index in [4.69, 9.17) is 0 Å². The maximum absolute atomic E-state index is 12.7. The molecule has 1 atom stereocenters. The van der Waals surface area contributed by atoms with Crippen molar-refractivity contribution in [1.82, 2.24) is 9.80 Å². The topological polar surface area (TPSA) is 52.7 Å². The summed E-state index contributed by atoms with van der Waals surface area (Å²) in [7, 11) is 0. The number of benzene rings is 1. The van der Waals surface area contributed by atoms with Gasteiger partial charge in [0.05, 0.1) is 5.92 Å². The number of nitrogens with one attached hydrogen (secondary N) is 1. The van der Waals surface area contributed by atoms with Crippen molar-refractivity contribution in [2.45, 2.75) is 45.1 Å². The van der Waals surface area contributed by atoms with E-state index in [1.54, 1.807) is 0 Å². The van der Waals surface area contributed by atoms with Crippen LogP contribution in [0.5, 0.6) is 0 Å². The first-order valence-corrected chi connectivity index (χ1v) is 8.79. The fourth-order valence-corrected chi connectivity index (χ4v) is 3.62. The van der Waals surface area contributed by atoms with Gasteiger partial charge in [-0.15, -0.1) is 0 Å². The second kappa shape index (κ2) is 6.55. The minimum Gasteiger partial charge on any atom is -0.341 e. The molecule has 5 nitrogen and oxygen atoms in total. The molecule has 5 heteroatoms. The van der Waals surface area contributed by atoms with Crippen molar-refractivity contribution in [3.63, 3.8) is 0 Å². The van der Waals surface area contributed by atoms with Gasteiger partial charge in [-0.2, -0.15) is 0 Å². The summed E-state index contributed by atoms with van der Waals surface area (Å²) < 4.78 is 0. The van der Waals surface area contributed by atoms with E-state index in [0.717, 1.165) is 43.9 Å². The summed E-state index contributed by atoms with van der Waals surface area (Å²) in [5.74, 6) is -0.325. The summed E-state index contributed by atoms with van der Waals surface area (Å²) >= 11 is 0. The molecule has 0 spiro atoms. The molecule has 2 heterocycles. The third-order valence-electron chi connectivity index (χ3n) is 5.09. The lowest BCUT2D eigenvalue weighted by Crippen LogP contribution is -2.44. The number of fused-ring (bicyclic) bond motifs is 1. The average molecular weight is 329 g/mol. The fourth-order valence-electron chi connectivity index (χ4n) is 3.62. The minimum absolute atomic E-state index is 0.0595. The van der Waals surface area contributed by atoms with Crippen LogP contribution >= 0.6 is 0 Å². The first-order chi connectivity index (χ1) is 11.4. The Balaban J connectivity index is 1.64. The highest BCUT2D eigenvalue weighted by molar-refractivity contribution is 6.04. The van der Waals surface area contributed by atoms with Gasteiger partial charge in [0.1, 0.15) is 0 Å². The molecule has 2 aliphatic rings. The monoisotopic (exact) mass is 329 g/mol. The second-order valence-electron chi connectivity index (χ2n) is 7.73. The highest BCUT2D eigenvalue weighted by Crippen LogP contribution is 2.34. The van der Waals surface area contributed by atoms with E-state index in [2.05, 4.69) is 31.0 Å². The first kappa shape index (κ1) is 17.0. The normalized spacial score (nSPS) is 22.0. The molecule has 1 fully saturated rings. The number of carbonyl (C=O) groups excluding carboxylic acids is 2. The Morgan fingerprint density at radius 2 is 1.92 bits per heavy atom. The van der Waals surface area contributed by atoms with Gasteiger partial charge < -0.3 is 10.2 Å². The van der Waals surface area contributed by atoms with Gasteiger partial charge in [0.15, 0.2) is 0 Å². The Morgan fingerprint density at radius 3 is 2.67 bits per heavy atom. The van der Waals surface area contributed by atoms with Crippen molar-refractivity contribution in [2.24, 2.45) is 0 Å². The molecule has 24 heavy (non-hydrogen) atoms. The smallest absolute Gasteiger partial charge is 0.232 e. The van der Waals surface area contributed by atoms with E-state index in [1.165, 1.54) is 0 Å². The lowest BCUT2D eigenvalue weighted by molar-refractivity contribution is -0.133. The molecule has 0 saturated carbocycles. The lowest BCUT2D eigenvalue weighted by atomic mass is 9.96. The van der Waals surface area contributed by atoms with Gasteiger partial charge in [-0.1, -0.05) is 18.2 Å². The third-order valence-corrected chi connectivity index (χ3v) is 5.09. The van der Waals surface area contributed by atoms with Crippen LogP contribution in [0.4, 0.5) is 5.69 Å². The van der Waals surface area contributed by atoms with E-state index in [0.29, 0.717) is 0 Å². The molecule has 0 aromatic heterocycles. The number of rotatable bonds is 2. The Hall–Kier alpha value is -1.88. The SMILES string of the molecule is CC(C)(C)N1CCCN(C(=O)C[C@H]2C(=O)Nc3ccccc32)CC1. The summed E-state index contributed by atoms with van der Waals surface area (Å²) in [5.41, 5.74) is 1.92. The van der Waals surface area contributed by atoms with Crippen molar-refractivity contribution < 1.29 is 9.59 Å². The van der Waals surface area contributed by atoms with Crippen molar-refractivity contribution >= 4 is 17.5 Å². The molecule has 0 aliphatic carbocycles. The van der Waals surface area contributed by atoms with Crippen LogP contribution in [0.1, 0.15) is 45.1 Å². The van der Waals surface area contributed by atoms with Crippen LogP contribution in [0.2, 0.25) is 0 Å². The molecule has 1 saturated heterocycles. The maximum atomic E-state index is 12.7. The highest BCUT2D eigenvalue weighted by atomic mass is 16.2. The predicted molar refractivity (Wildman–Crippen MR) is 95.0 cm³/mol. The van der Waals surface area contributed by atoms with Gasteiger partial charge in [0.2, 0.25) is 11.8 Å². The molecular weight excluding hydrogens is 302 g/mol. The number of nitrogens with zero attached hydrogens (tertiary/aromatic N) is 2. The Kier molecular flexibility index (Phi) is 4.63. The molecule has 1 aromatic carbocycles. The van der Waals surface area contributed by atoms with E-state index in [-0.39, 0.29) is 29.7 Å². The summed E-state index contributed by atoms with van der Waals surface area (Å²) in [4.78, 5) is 29.3. The molecule has 1 N–H and O–H groups in total. The van der Waals surface area contributed by atoms with E-state index < -0.39 is 0 Å². The molecule has 0 unspecified atom stereocenters. The number of amides is 2. The van der Waals surface area contributed by atoms with Crippen LogP contribution < -0.4 is 5.32 Å². The van der Waals surface area contributed by atoms with Crippen molar-refractivity contribution in [3.8, 4) is 0 Å². The van der Waals surface area contributed by atoms with E-state index >= 15 is 0 Å². The molecule has 0 bridgehead atoms. The molecular formula is C19H27N3O2. The molecule has 2 amide bonds. The van der Waals surface area contributed by atoms with Crippen LogP contribution in [-0.4, -0.2) is 53.3 Å². The Labute approximate surface area is 144 Å². The quantitative estimate of drug-likeness (QED) is 0.907. The van der Waals surface area contributed by atoms with Crippen LogP contribution in [0.3, 0.4) is 0 Å². The lowest BCUT2D eigenvalue weighted by Gasteiger charge is -2.34. The third kappa shape index (κ3) is 3.46. The molecule has 3 rings (SSSR count). The van der Waals surface area contributed by atoms with Crippen LogP contribution in [0, 0.1) is 0 Å². The number of hydrogen-bond donors (Lipinski definition) is 1. The molecule has 2 aliphatic heterocycles. The number of carbonyl (C=O) groups is 2. The van der Waals surface area contributed by atoms with E-state index in [9.17, 15) is 9.59 Å². The zero-order valence-electron chi connectivity index (χ0n) is 14.8. The Bertz CT molecular complexity index is 636. The van der Waals surface area contributed by atoms with Crippen LogP contribution in [0.15, 0.2) is 24.3 Å². The zero-order chi connectivity index (χ0) is 17.3. The summed E-state index contributed by atoms with van der Waals surface area (Å²) in [5, 5.41) is 2.88. The van der Waals surface area contributed by atoms with Gasteiger partial charge in [-0.05, 0) is 38.8 Å². The van der Waals surface area contributed by atoms with Gasteiger partial charge in [0.25, 0.3) is 0 Å². The van der Waals surface area contributed by atoms with Gasteiger partial charge >= 0.3 is 0 Å². The van der Waals surface area contributed by atoms with Crippen LogP contribution in [0.25, 0.3) is 0 Å². The maximum Gasteiger partial charge on any atom is 0.232 e. The first-order valence-electron chi connectivity index (χ1n) is 8.79. The number of para-hydroxylation sites is 1. The van der Waals surface area contributed by atoms with Gasteiger partial charge in [-0.3, -0.25) is 14.5 Å². The fraction of sp³-hybridized carbons (Fsp3) is 0.579. The zero-order valence-corrected chi connectivity index (χ0v) is 14.8. The molecule has 1 aromatic rings. The standard InChI is InChI=1S/C19H27N3O2/c1-19(2,3)22-10-6-9-21(11-12-22)17(23)13-15-14-7-4-5-8-16(14)20-18(15)24/h4-5,7-8,15H,6,9-13H2,1-3H3,(H,20,24)/t15-/m1/s1. The summed E-state index contributed by atoms with van der Waals surface area (Å²) in [6.45, 7) is 10.1. The van der Waals surface area contributed by atoms with Gasteiger partial charge in [-0.25, -0.2) is 0 Å². The number of hydrogen-bond acceptors (Lipinski definition) is 3. The average Bonchev–Trinajstić information content (AvgIpc) is 2.71. The predicted octanol–water partition coefficient (Wildman–Crippen LogP) is 2.45. The van der Waals surface area contributed by atoms with Crippen molar-refractivity contribution in [3.05, 3.63) is 29.8 Å². The molecule has 130 valence electrons. The summed E-state index contributed by atoms with van der Waals surface area (Å²) in [6, 6.07) is 7.66. The van der Waals surface area contributed by atoms with Gasteiger partial charge in [0, 0.05) is 43.8 Å². The highest BCUT2D eigenvalue weighted by Gasteiger charge is 2.34. The van der Waals surface area contributed by atoms with Crippen LogP contribution in [-0.2, 0) is 9.59 Å². The molecule has 0 radical (unpaired) electrons. The van der Waals surface area contributed by atoms with Crippen molar-refractivity contribution in [1.29, 1.82) is 0 Å². The van der Waals surface area contributed by atoms with E-state index in [1.807, 2.05) is 29.2 Å². The Morgan fingerprint density at radius 1 is 1.17 bits per heavy atom. The largest absolute Gasteiger partial charge is 0.341 e. The second-order valence-corrected chi connectivity index (χ2v) is 7.73. The summed E-state index contributed by atoms with van der Waals surface area (Å²) in [6.07, 6.45) is 1.24. The minimum atomic E-state index is -0.351. The number of anilines is 1.